The van der Waals surface area contributed by atoms with Gasteiger partial charge in [-0.25, -0.2) is 4.98 Å². The van der Waals surface area contributed by atoms with Gasteiger partial charge in [0.25, 0.3) is 0 Å². The van der Waals surface area contributed by atoms with Crippen LogP contribution in [-0.4, -0.2) is 27.7 Å². The summed E-state index contributed by atoms with van der Waals surface area (Å²) in [7, 11) is 0. The molecule has 6 nitrogen and oxygen atoms in total. The molecule has 6 heteroatoms. The van der Waals surface area contributed by atoms with Gasteiger partial charge in [0.2, 0.25) is 0 Å². The molecule has 0 fully saturated rings. The number of hydrogen-bond donors (Lipinski definition) is 2. The van der Waals surface area contributed by atoms with Gasteiger partial charge in [-0.05, 0) is 18.2 Å². The molecule has 0 saturated carbocycles. The molecule has 24 heavy (non-hydrogen) atoms. The molecule has 0 saturated heterocycles. The lowest BCUT2D eigenvalue weighted by molar-refractivity contribution is 0.200. The third-order valence-corrected chi connectivity index (χ3v) is 3.65. The van der Waals surface area contributed by atoms with Crippen LogP contribution in [-0.2, 0) is 13.1 Å². The summed E-state index contributed by atoms with van der Waals surface area (Å²) >= 11 is 0. The third kappa shape index (κ3) is 3.54. The molecule has 122 valence electrons. The molecular weight excluding hydrogens is 304 g/mol. The first-order valence-electron chi connectivity index (χ1n) is 7.70. The Hall–Kier alpha value is -2.88. The van der Waals surface area contributed by atoms with Crippen molar-refractivity contribution in [3.63, 3.8) is 0 Å². The van der Waals surface area contributed by atoms with E-state index in [1.165, 1.54) is 0 Å². The molecular formula is C18H18N4O2. The number of fused-ring (bicyclic) bond motifs is 1. The second kappa shape index (κ2) is 7.59. The van der Waals surface area contributed by atoms with Crippen LogP contribution in [0.5, 0.6) is 5.75 Å². The van der Waals surface area contributed by atoms with E-state index in [1.807, 2.05) is 34.7 Å². The van der Waals surface area contributed by atoms with E-state index in [2.05, 4.69) is 16.4 Å². The summed E-state index contributed by atoms with van der Waals surface area (Å²) in [6, 6.07) is 13.5. The van der Waals surface area contributed by atoms with Gasteiger partial charge in [0, 0.05) is 24.8 Å². The van der Waals surface area contributed by atoms with Crippen molar-refractivity contribution in [3.8, 4) is 11.8 Å². The molecule has 0 atom stereocenters. The largest absolute Gasteiger partial charge is 0.491 e. The number of aliphatic hydroxyl groups excluding tert-OH is 1. The van der Waals surface area contributed by atoms with Crippen molar-refractivity contribution in [3.05, 3.63) is 65.6 Å². The molecule has 2 heterocycles. The van der Waals surface area contributed by atoms with Gasteiger partial charge in [0.05, 0.1) is 24.1 Å². The highest BCUT2D eigenvalue weighted by molar-refractivity contribution is 5.44. The van der Waals surface area contributed by atoms with E-state index in [0.717, 1.165) is 22.7 Å². The topological polar surface area (TPSA) is 82.6 Å². The van der Waals surface area contributed by atoms with E-state index in [-0.39, 0.29) is 13.2 Å². The Morgan fingerprint density at radius 2 is 2.08 bits per heavy atom. The van der Waals surface area contributed by atoms with Crippen LogP contribution in [0, 0.1) is 11.3 Å². The molecule has 0 radical (unpaired) electrons. The first-order valence-corrected chi connectivity index (χ1v) is 7.70. The second-order valence-corrected chi connectivity index (χ2v) is 5.29. The average molecular weight is 322 g/mol. The summed E-state index contributed by atoms with van der Waals surface area (Å²) in [5.74, 6) is 0.768. The zero-order valence-electron chi connectivity index (χ0n) is 13.1. The van der Waals surface area contributed by atoms with Gasteiger partial charge in [0.15, 0.2) is 0 Å². The monoisotopic (exact) mass is 322 g/mol. The average Bonchev–Trinajstić information content (AvgIpc) is 3.03. The highest BCUT2D eigenvalue weighted by Crippen LogP contribution is 2.18. The van der Waals surface area contributed by atoms with Crippen molar-refractivity contribution in [2.45, 2.75) is 13.1 Å². The lowest BCUT2D eigenvalue weighted by Gasteiger charge is -2.11. The molecule has 3 rings (SSSR count). The number of aliphatic hydroxyl groups is 1. The predicted molar refractivity (Wildman–Crippen MR) is 89.5 cm³/mol. The highest BCUT2D eigenvalue weighted by Gasteiger charge is 2.06. The van der Waals surface area contributed by atoms with Crippen LogP contribution in [0.3, 0.4) is 0 Å². The number of ether oxygens (including phenoxy) is 1. The van der Waals surface area contributed by atoms with Gasteiger partial charge in [-0.1, -0.05) is 18.2 Å². The Balaban J connectivity index is 1.68. The van der Waals surface area contributed by atoms with E-state index >= 15 is 0 Å². The molecule has 0 aliphatic carbocycles. The minimum absolute atomic E-state index is 0.00912. The van der Waals surface area contributed by atoms with Crippen LogP contribution >= 0.6 is 0 Å². The molecule has 0 bridgehead atoms. The van der Waals surface area contributed by atoms with E-state index in [1.54, 1.807) is 18.5 Å². The summed E-state index contributed by atoms with van der Waals surface area (Å²) in [6.07, 6.45) is 3.59. The summed E-state index contributed by atoms with van der Waals surface area (Å²) in [5.41, 5.74) is 3.43. The maximum atomic E-state index is 9.02. The molecule has 1 aromatic carbocycles. The minimum Gasteiger partial charge on any atom is -0.491 e. The third-order valence-electron chi connectivity index (χ3n) is 3.65. The Labute approximate surface area is 140 Å². The van der Waals surface area contributed by atoms with Crippen LogP contribution < -0.4 is 10.1 Å². The molecule has 0 unspecified atom stereocenters. The maximum Gasteiger partial charge on any atom is 0.137 e. The van der Waals surface area contributed by atoms with Gasteiger partial charge < -0.3 is 19.6 Å². The van der Waals surface area contributed by atoms with Crippen molar-refractivity contribution < 1.29 is 9.84 Å². The second-order valence-electron chi connectivity index (χ2n) is 5.29. The number of nitriles is 1. The summed E-state index contributed by atoms with van der Waals surface area (Å²) in [4.78, 5) is 4.34. The number of pyridine rings is 1. The quantitative estimate of drug-likeness (QED) is 0.694. The summed E-state index contributed by atoms with van der Waals surface area (Å²) in [6.45, 7) is 1.52. The Kier molecular flexibility index (Phi) is 5.06. The first kappa shape index (κ1) is 16.0. The van der Waals surface area contributed by atoms with Crippen LogP contribution in [0.4, 0.5) is 0 Å². The summed E-state index contributed by atoms with van der Waals surface area (Å²) in [5, 5.41) is 21.3. The fourth-order valence-corrected chi connectivity index (χ4v) is 2.50. The van der Waals surface area contributed by atoms with Gasteiger partial charge in [-0.2, -0.15) is 5.26 Å². The van der Waals surface area contributed by atoms with E-state index in [4.69, 9.17) is 15.1 Å². The highest BCUT2D eigenvalue weighted by atomic mass is 16.5. The summed E-state index contributed by atoms with van der Waals surface area (Å²) < 4.78 is 7.45. The van der Waals surface area contributed by atoms with Crippen LogP contribution in [0.15, 0.2) is 48.8 Å². The smallest absolute Gasteiger partial charge is 0.137 e. The fraction of sp³-hybridized carbons (Fsp3) is 0.222. The fourth-order valence-electron chi connectivity index (χ4n) is 2.50. The van der Waals surface area contributed by atoms with Crippen molar-refractivity contribution >= 4 is 5.65 Å². The number of rotatable bonds is 7. The molecule has 0 spiro atoms. The van der Waals surface area contributed by atoms with E-state index < -0.39 is 0 Å². The number of nitrogens with zero attached hydrogens (tertiary/aromatic N) is 3. The van der Waals surface area contributed by atoms with E-state index in [0.29, 0.717) is 18.7 Å². The number of imidazole rings is 1. The van der Waals surface area contributed by atoms with Crippen molar-refractivity contribution in [2.75, 3.05) is 13.2 Å². The standard InChI is InChI=1S/C18H18N4O2/c19-9-14-5-6-18-21-12-16(22(18)13-14)11-20-10-15-3-1-2-4-17(15)24-8-7-23/h1-6,12-13,20,23H,7-8,10-11H2. The van der Waals surface area contributed by atoms with Gasteiger partial charge in [0.1, 0.15) is 24.1 Å². The van der Waals surface area contributed by atoms with Crippen molar-refractivity contribution in [2.24, 2.45) is 0 Å². The normalized spacial score (nSPS) is 10.7. The number of para-hydroxylation sites is 1. The molecule has 0 amide bonds. The lowest BCUT2D eigenvalue weighted by atomic mass is 10.2. The lowest BCUT2D eigenvalue weighted by Crippen LogP contribution is -2.15. The zero-order valence-corrected chi connectivity index (χ0v) is 13.1. The minimum atomic E-state index is -0.00912. The molecule has 0 aliphatic heterocycles. The Morgan fingerprint density at radius 3 is 2.92 bits per heavy atom. The molecule has 0 aliphatic rings. The molecule has 2 N–H and O–H groups in total. The van der Waals surface area contributed by atoms with Crippen LogP contribution in [0.25, 0.3) is 5.65 Å². The Bertz CT molecular complexity index is 867. The van der Waals surface area contributed by atoms with Gasteiger partial charge in [-0.3, -0.25) is 0 Å². The van der Waals surface area contributed by atoms with Gasteiger partial charge >= 0.3 is 0 Å². The number of nitrogens with one attached hydrogen (secondary N) is 1. The van der Waals surface area contributed by atoms with Gasteiger partial charge in [-0.15, -0.1) is 0 Å². The van der Waals surface area contributed by atoms with E-state index in [9.17, 15) is 0 Å². The van der Waals surface area contributed by atoms with Crippen molar-refractivity contribution in [1.29, 1.82) is 5.26 Å². The first-order chi connectivity index (χ1) is 11.8. The van der Waals surface area contributed by atoms with Crippen LogP contribution in [0.2, 0.25) is 0 Å². The number of aromatic nitrogens is 2. The SMILES string of the molecule is N#Cc1ccc2ncc(CNCc3ccccc3OCCO)n2c1. The zero-order chi connectivity index (χ0) is 16.8. The molecule has 3 aromatic rings. The number of hydrogen-bond acceptors (Lipinski definition) is 5. The van der Waals surface area contributed by atoms with Crippen molar-refractivity contribution in [1.82, 2.24) is 14.7 Å². The maximum absolute atomic E-state index is 9.02. The number of benzene rings is 1. The predicted octanol–water partition coefficient (Wildman–Crippen LogP) is 1.87. The Morgan fingerprint density at radius 1 is 1.21 bits per heavy atom. The molecule has 2 aromatic heterocycles. The van der Waals surface area contributed by atoms with Crippen LogP contribution in [0.1, 0.15) is 16.8 Å².